The Bertz CT molecular complexity index is 863. The average molecular weight is 399 g/mol. The molecule has 1 amide bonds. The van der Waals surface area contributed by atoms with Crippen LogP contribution in [0.1, 0.15) is 29.2 Å². The highest BCUT2D eigenvalue weighted by Gasteiger charge is 2.34. The van der Waals surface area contributed by atoms with Crippen molar-refractivity contribution in [2.75, 3.05) is 31.1 Å². The Hall–Kier alpha value is -2.08. The van der Waals surface area contributed by atoms with Gasteiger partial charge in [-0.2, -0.15) is 0 Å². The van der Waals surface area contributed by atoms with Gasteiger partial charge < -0.3 is 9.80 Å². The molecule has 2 heterocycles. The zero-order chi connectivity index (χ0) is 19.7. The van der Waals surface area contributed by atoms with Crippen LogP contribution in [0.3, 0.4) is 0 Å². The Morgan fingerprint density at radius 2 is 1.82 bits per heavy atom. The maximum atomic E-state index is 13.0. The predicted octanol–water partition coefficient (Wildman–Crippen LogP) is 3.21. The lowest BCUT2D eigenvalue weighted by Crippen LogP contribution is -2.53. The van der Waals surface area contributed by atoms with Crippen molar-refractivity contribution in [2.45, 2.75) is 32.4 Å². The van der Waals surface area contributed by atoms with E-state index in [9.17, 15) is 4.79 Å². The van der Waals surface area contributed by atoms with Crippen LogP contribution in [-0.4, -0.2) is 43.0 Å². The second-order valence-electron chi connectivity index (χ2n) is 7.79. The van der Waals surface area contributed by atoms with Gasteiger partial charge in [-0.25, -0.2) is 10.9 Å². The van der Waals surface area contributed by atoms with Gasteiger partial charge in [0.2, 0.25) is 5.91 Å². The van der Waals surface area contributed by atoms with Gasteiger partial charge >= 0.3 is 0 Å². The number of hydrogen-bond donors (Lipinski definition) is 2. The van der Waals surface area contributed by atoms with Crippen LogP contribution in [0.15, 0.2) is 42.5 Å². The first-order chi connectivity index (χ1) is 13.5. The number of nitrogens with zero attached hydrogens (tertiary/aromatic N) is 2. The summed E-state index contributed by atoms with van der Waals surface area (Å²) in [6.45, 7) is 7.52. The van der Waals surface area contributed by atoms with Crippen LogP contribution in [0.4, 0.5) is 5.69 Å². The summed E-state index contributed by atoms with van der Waals surface area (Å²) < 4.78 is 0. The summed E-state index contributed by atoms with van der Waals surface area (Å²) in [5, 5.41) is 0.719. The first kappa shape index (κ1) is 19.2. The largest absolute Gasteiger partial charge is 0.368 e. The molecular formula is C22H27ClN4O. The Morgan fingerprint density at radius 1 is 1.04 bits per heavy atom. The number of piperazine rings is 1. The van der Waals surface area contributed by atoms with Crippen molar-refractivity contribution in [3.8, 4) is 0 Å². The Kier molecular flexibility index (Phi) is 5.58. The highest BCUT2D eigenvalue weighted by Crippen LogP contribution is 2.26. The fourth-order valence-corrected chi connectivity index (χ4v) is 4.41. The molecule has 4 rings (SSSR count). The van der Waals surface area contributed by atoms with Crippen molar-refractivity contribution in [3.05, 3.63) is 64.2 Å². The molecule has 0 radical (unpaired) electrons. The average Bonchev–Trinajstić information content (AvgIpc) is 3.18. The number of nitrogens with one attached hydrogen (secondary N) is 2. The maximum Gasteiger partial charge on any atom is 0.241 e. The third kappa shape index (κ3) is 4.02. The standard InChI is InChI=1S/C22H27ClN4O/c1-15-6-7-21(16(2)12-15)26-8-10-27(11-9-26)22(28)20-14-19(24-25-20)17-4-3-5-18(23)13-17/h3-7,12-13,19-20,24-25H,8-11,14H2,1-2H3. The second-order valence-corrected chi connectivity index (χ2v) is 8.22. The molecule has 2 aliphatic rings. The summed E-state index contributed by atoms with van der Waals surface area (Å²) in [6.07, 6.45) is 0.733. The smallest absolute Gasteiger partial charge is 0.241 e. The zero-order valence-electron chi connectivity index (χ0n) is 16.4. The highest BCUT2D eigenvalue weighted by molar-refractivity contribution is 6.30. The van der Waals surface area contributed by atoms with Gasteiger partial charge in [-0.3, -0.25) is 4.79 Å². The second kappa shape index (κ2) is 8.11. The van der Waals surface area contributed by atoms with Crippen molar-refractivity contribution in [3.63, 3.8) is 0 Å². The number of hydrazine groups is 1. The normalized spacial score (nSPS) is 22.5. The molecule has 2 atom stereocenters. The molecule has 2 aromatic carbocycles. The van der Waals surface area contributed by atoms with Crippen LogP contribution in [0.2, 0.25) is 5.02 Å². The maximum absolute atomic E-state index is 13.0. The third-order valence-electron chi connectivity index (χ3n) is 5.74. The van der Waals surface area contributed by atoms with Crippen LogP contribution in [0.25, 0.3) is 0 Å². The van der Waals surface area contributed by atoms with E-state index in [2.05, 4.69) is 47.8 Å². The number of benzene rings is 2. The minimum Gasteiger partial charge on any atom is -0.368 e. The number of rotatable bonds is 3. The van der Waals surface area contributed by atoms with Crippen LogP contribution >= 0.6 is 11.6 Å². The molecule has 2 fully saturated rings. The molecule has 2 aromatic rings. The van der Waals surface area contributed by atoms with Gasteiger partial charge in [0.25, 0.3) is 0 Å². The van der Waals surface area contributed by atoms with Crippen LogP contribution in [0.5, 0.6) is 0 Å². The van der Waals surface area contributed by atoms with Gasteiger partial charge in [0.15, 0.2) is 0 Å². The topological polar surface area (TPSA) is 47.6 Å². The molecule has 0 spiro atoms. The van der Waals surface area contributed by atoms with E-state index in [-0.39, 0.29) is 18.0 Å². The minimum atomic E-state index is -0.198. The predicted molar refractivity (Wildman–Crippen MR) is 114 cm³/mol. The molecule has 0 aliphatic carbocycles. The van der Waals surface area contributed by atoms with Crippen LogP contribution in [-0.2, 0) is 4.79 Å². The highest BCUT2D eigenvalue weighted by atomic mass is 35.5. The van der Waals surface area contributed by atoms with Gasteiger partial charge in [0, 0.05) is 42.9 Å². The van der Waals surface area contributed by atoms with E-state index in [1.165, 1.54) is 16.8 Å². The lowest BCUT2D eigenvalue weighted by Gasteiger charge is -2.37. The van der Waals surface area contributed by atoms with Gasteiger partial charge in [-0.15, -0.1) is 0 Å². The fourth-order valence-electron chi connectivity index (χ4n) is 4.21. The molecule has 0 bridgehead atoms. The number of anilines is 1. The molecule has 28 heavy (non-hydrogen) atoms. The van der Waals surface area contributed by atoms with E-state index < -0.39 is 0 Å². The van der Waals surface area contributed by atoms with Crippen molar-refractivity contribution < 1.29 is 4.79 Å². The monoisotopic (exact) mass is 398 g/mol. The quantitative estimate of drug-likeness (QED) is 0.833. The molecule has 5 nitrogen and oxygen atoms in total. The van der Waals surface area contributed by atoms with E-state index in [0.717, 1.165) is 43.2 Å². The van der Waals surface area contributed by atoms with Gasteiger partial charge in [-0.05, 0) is 49.6 Å². The summed E-state index contributed by atoms with van der Waals surface area (Å²) in [4.78, 5) is 17.3. The number of carbonyl (C=O) groups excluding carboxylic acids is 1. The third-order valence-corrected chi connectivity index (χ3v) is 5.97. The zero-order valence-corrected chi connectivity index (χ0v) is 17.2. The molecule has 2 aliphatic heterocycles. The summed E-state index contributed by atoms with van der Waals surface area (Å²) >= 11 is 6.10. The van der Waals surface area contributed by atoms with E-state index in [4.69, 9.17) is 11.6 Å². The number of aryl methyl sites for hydroxylation is 2. The van der Waals surface area contributed by atoms with E-state index in [1.807, 2.05) is 29.2 Å². The number of halogens is 1. The van der Waals surface area contributed by atoms with Gasteiger partial charge in [-0.1, -0.05) is 41.4 Å². The molecule has 2 unspecified atom stereocenters. The van der Waals surface area contributed by atoms with E-state index in [0.29, 0.717) is 0 Å². The Morgan fingerprint density at radius 3 is 2.54 bits per heavy atom. The van der Waals surface area contributed by atoms with E-state index >= 15 is 0 Å². The van der Waals surface area contributed by atoms with Crippen molar-refractivity contribution in [1.82, 2.24) is 15.8 Å². The molecule has 148 valence electrons. The van der Waals surface area contributed by atoms with Gasteiger partial charge in [0.1, 0.15) is 6.04 Å². The number of hydrogen-bond acceptors (Lipinski definition) is 4. The number of amides is 1. The molecule has 0 aromatic heterocycles. The van der Waals surface area contributed by atoms with Crippen LogP contribution < -0.4 is 15.8 Å². The Labute approximate surface area is 171 Å². The summed E-state index contributed by atoms with van der Waals surface area (Å²) in [7, 11) is 0. The summed E-state index contributed by atoms with van der Waals surface area (Å²) in [5.74, 6) is 0.178. The fraction of sp³-hybridized carbons (Fsp3) is 0.409. The summed E-state index contributed by atoms with van der Waals surface area (Å²) in [6, 6.07) is 14.3. The molecule has 2 saturated heterocycles. The SMILES string of the molecule is Cc1ccc(N2CCN(C(=O)C3CC(c4cccc(Cl)c4)NN3)CC2)c(C)c1. The van der Waals surface area contributed by atoms with Crippen molar-refractivity contribution in [1.29, 1.82) is 0 Å². The van der Waals surface area contributed by atoms with Gasteiger partial charge in [0.05, 0.1) is 0 Å². The first-order valence-electron chi connectivity index (χ1n) is 9.89. The molecule has 0 saturated carbocycles. The summed E-state index contributed by atoms with van der Waals surface area (Å²) in [5.41, 5.74) is 11.4. The first-order valence-corrected chi connectivity index (χ1v) is 10.3. The number of carbonyl (C=O) groups is 1. The lowest BCUT2D eigenvalue weighted by molar-refractivity contribution is -0.133. The minimum absolute atomic E-state index is 0.101. The van der Waals surface area contributed by atoms with Crippen molar-refractivity contribution >= 4 is 23.2 Å². The van der Waals surface area contributed by atoms with Crippen LogP contribution in [0, 0.1) is 13.8 Å². The van der Waals surface area contributed by atoms with Crippen molar-refractivity contribution in [2.24, 2.45) is 0 Å². The molecular weight excluding hydrogens is 372 g/mol. The lowest BCUT2D eigenvalue weighted by atomic mass is 10.0. The molecule has 2 N–H and O–H groups in total. The Balaban J connectivity index is 1.34. The van der Waals surface area contributed by atoms with E-state index in [1.54, 1.807) is 0 Å². The molecule has 6 heteroatoms.